The van der Waals surface area contributed by atoms with E-state index in [0.717, 1.165) is 44.5 Å². The zero-order valence-electron chi connectivity index (χ0n) is 16.8. The summed E-state index contributed by atoms with van der Waals surface area (Å²) >= 11 is 0. The zero-order chi connectivity index (χ0) is 18.2. The smallest absolute Gasteiger partial charge is 0.193 e. The summed E-state index contributed by atoms with van der Waals surface area (Å²) in [5, 5.41) is 3.62. The highest BCUT2D eigenvalue weighted by molar-refractivity contribution is 14.0. The minimum Gasteiger partial charge on any atom is -0.384 e. The Kier molecular flexibility index (Phi) is 9.86. The van der Waals surface area contributed by atoms with E-state index in [0.29, 0.717) is 5.92 Å². The van der Waals surface area contributed by atoms with E-state index in [4.69, 9.17) is 4.74 Å². The van der Waals surface area contributed by atoms with Gasteiger partial charge in [0, 0.05) is 52.8 Å². The average molecular weight is 486 g/mol. The van der Waals surface area contributed by atoms with Crippen molar-refractivity contribution in [2.75, 3.05) is 60.0 Å². The zero-order valence-corrected chi connectivity index (χ0v) is 19.1. The van der Waals surface area contributed by atoms with Crippen molar-refractivity contribution in [1.82, 2.24) is 15.1 Å². The van der Waals surface area contributed by atoms with Crippen LogP contribution in [0.5, 0.6) is 0 Å². The fraction of sp³-hybridized carbons (Fsp3) is 0.667. The number of methoxy groups -OCH3 is 1. The molecule has 0 saturated carbocycles. The normalized spacial score (nSPS) is 23.5. The fourth-order valence-corrected chi connectivity index (χ4v) is 4.18. The van der Waals surface area contributed by atoms with Crippen LogP contribution < -0.4 is 5.32 Å². The van der Waals surface area contributed by atoms with E-state index in [1.165, 1.54) is 38.0 Å². The van der Waals surface area contributed by atoms with Crippen LogP contribution in [0, 0.1) is 11.8 Å². The number of likely N-dealkylation sites (tertiary alicyclic amines) is 2. The summed E-state index contributed by atoms with van der Waals surface area (Å²) in [6, 6.07) is 10.8. The topological polar surface area (TPSA) is 40.1 Å². The second-order valence-electron chi connectivity index (χ2n) is 7.68. The molecule has 27 heavy (non-hydrogen) atoms. The maximum absolute atomic E-state index is 5.30. The van der Waals surface area contributed by atoms with E-state index in [1.54, 1.807) is 7.11 Å². The van der Waals surface area contributed by atoms with Gasteiger partial charge in [-0.15, -0.1) is 24.0 Å². The van der Waals surface area contributed by atoms with Crippen molar-refractivity contribution >= 4 is 29.9 Å². The number of hydrogen-bond donors (Lipinski definition) is 1. The molecule has 0 bridgehead atoms. The maximum atomic E-state index is 5.30. The minimum atomic E-state index is 0. The molecule has 5 nitrogen and oxygen atoms in total. The molecule has 2 heterocycles. The Morgan fingerprint density at radius 1 is 1.15 bits per heavy atom. The molecule has 1 N–H and O–H groups in total. The monoisotopic (exact) mass is 486 g/mol. The average Bonchev–Trinajstić information content (AvgIpc) is 3.32. The van der Waals surface area contributed by atoms with Gasteiger partial charge in [0.25, 0.3) is 0 Å². The highest BCUT2D eigenvalue weighted by atomic mass is 127. The maximum Gasteiger partial charge on any atom is 0.193 e. The number of nitrogens with zero attached hydrogens (tertiary/aromatic N) is 3. The van der Waals surface area contributed by atoms with Gasteiger partial charge >= 0.3 is 0 Å². The third-order valence-electron chi connectivity index (χ3n) is 5.68. The summed E-state index contributed by atoms with van der Waals surface area (Å²) in [6.45, 7) is 7.61. The van der Waals surface area contributed by atoms with E-state index in [-0.39, 0.29) is 24.0 Å². The first kappa shape index (κ1) is 22.4. The van der Waals surface area contributed by atoms with Crippen molar-refractivity contribution in [1.29, 1.82) is 0 Å². The van der Waals surface area contributed by atoms with Gasteiger partial charge in [-0.25, -0.2) is 0 Å². The highest BCUT2D eigenvalue weighted by Crippen LogP contribution is 2.18. The standard InChI is InChI=1S/C21H34N4O.HI/c1-22-21(25-13-10-20(16-25)17-26-2)23-14-19-9-12-24(15-19)11-8-18-6-4-3-5-7-18;/h3-7,19-20H,8-17H2,1-2H3,(H,22,23);1H. The number of aliphatic imine (C=N–C) groups is 1. The number of benzene rings is 1. The summed E-state index contributed by atoms with van der Waals surface area (Å²) in [5.41, 5.74) is 1.44. The van der Waals surface area contributed by atoms with E-state index in [9.17, 15) is 0 Å². The molecule has 2 aliphatic rings. The Balaban J connectivity index is 0.00000261. The molecule has 0 amide bonds. The van der Waals surface area contributed by atoms with Gasteiger partial charge in [0.15, 0.2) is 5.96 Å². The number of nitrogens with one attached hydrogen (secondary N) is 1. The van der Waals surface area contributed by atoms with Gasteiger partial charge in [0.05, 0.1) is 6.61 Å². The van der Waals surface area contributed by atoms with Gasteiger partial charge in [0.2, 0.25) is 0 Å². The lowest BCUT2D eigenvalue weighted by atomic mass is 10.1. The van der Waals surface area contributed by atoms with Crippen LogP contribution in [0.25, 0.3) is 0 Å². The third kappa shape index (κ3) is 6.91. The molecule has 2 unspecified atom stereocenters. The summed E-state index contributed by atoms with van der Waals surface area (Å²) in [6.07, 6.45) is 3.63. The first-order valence-electron chi connectivity index (χ1n) is 9.99. The van der Waals surface area contributed by atoms with Gasteiger partial charge in [-0.3, -0.25) is 4.99 Å². The first-order valence-corrected chi connectivity index (χ1v) is 9.99. The Hall–Kier alpha value is -0.860. The lowest BCUT2D eigenvalue weighted by molar-refractivity contribution is 0.157. The van der Waals surface area contributed by atoms with E-state index >= 15 is 0 Å². The summed E-state index contributed by atoms with van der Waals surface area (Å²) in [7, 11) is 3.69. The summed E-state index contributed by atoms with van der Waals surface area (Å²) < 4.78 is 5.30. The number of ether oxygens (including phenoxy) is 1. The second-order valence-corrected chi connectivity index (χ2v) is 7.68. The van der Waals surface area contributed by atoms with E-state index in [2.05, 4.69) is 50.4 Å². The molecule has 3 rings (SSSR count). The molecule has 6 heteroatoms. The lowest BCUT2D eigenvalue weighted by Crippen LogP contribution is -2.42. The Morgan fingerprint density at radius 3 is 2.67 bits per heavy atom. The van der Waals surface area contributed by atoms with Crippen LogP contribution in [-0.4, -0.2) is 75.8 Å². The van der Waals surface area contributed by atoms with Crippen LogP contribution in [0.1, 0.15) is 18.4 Å². The van der Waals surface area contributed by atoms with Gasteiger partial charge in [-0.05, 0) is 37.3 Å². The van der Waals surface area contributed by atoms with Crippen molar-refractivity contribution in [3.8, 4) is 0 Å². The molecule has 2 atom stereocenters. The summed E-state index contributed by atoms with van der Waals surface area (Å²) in [4.78, 5) is 9.48. The molecule has 152 valence electrons. The predicted octanol–water partition coefficient (Wildman–Crippen LogP) is 2.71. The summed E-state index contributed by atoms with van der Waals surface area (Å²) in [5.74, 6) is 2.42. The van der Waals surface area contributed by atoms with Crippen molar-refractivity contribution in [2.24, 2.45) is 16.8 Å². The number of hydrogen-bond acceptors (Lipinski definition) is 3. The molecule has 0 aromatic heterocycles. The van der Waals surface area contributed by atoms with Gasteiger partial charge in [-0.1, -0.05) is 30.3 Å². The molecule has 0 aliphatic carbocycles. The van der Waals surface area contributed by atoms with E-state index < -0.39 is 0 Å². The van der Waals surface area contributed by atoms with Crippen LogP contribution in [0.3, 0.4) is 0 Å². The molecule has 2 fully saturated rings. The molecule has 2 saturated heterocycles. The molecule has 0 spiro atoms. The molecule has 1 aromatic carbocycles. The van der Waals surface area contributed by atoms with Crippen LogP contribution in [-0.2, 0) is 11.2 Å². The largest absolute Gasteiger partial charge is 0.384 e. The van der Waals surface area contributed by atoms with Crippen molar-refractivity contribution in [3.63, 3.8) is 0 Å². The van der Waals surface area contributed by atoms with Crippen LogP contribution in [0.15, 0.2) is 35.3 Å². The first-order chi connectivity index (χ1) is 12.8. The van der Waals surface area contributed by atoms with Crippen LogP contribution in [0.2, 0.25) is 0 Å². The SMILES string of the molecule is CN=C(NCC1CCN(CCc2ccccc2)C1)N1CCC(COC)C1.I. The van der Waals surface area contributed by atoms with Crippen LogP contribution in [0.4, 0.5) is 0 Å². The Bertz CT molecular complexity index is 569. The third-order valence-corrected chi connectivity index (χ3v) is 5.68. The fourth-order valence-electron chi connectivity index (χ4n) is 4.18. The molecule has 2 aliphatic heterocycles. The van der Waals surface area contributed by atoms with Crippen LogP contribution >= 0.6 is 24.0 Å². The highest BCUT2D eigenvalue weighted by Gasteiger charge is 2.26. The Labute approximate surface area is 181 Å². The van der Waals surface area contributed by atoms with Crippen molar-refractivity contribution < 1.29 is 4.74 Å². The van der Waals surface area contributed by atoms with Gasteiger partial charge in [-0.2, -0.15) is 0 Å². The van der Waals surface area contributed by atoms with Crippen molar-refractivity contribution in [2.45, 2.75) is 19.3 Å². The lowest BCUT2D eigenvalue weighted by Gasteiger charge is -2.23. The van der Waals surface area contributed by atoms with Gasteiger partial charge in [0.1, 0.15) is 0 Å². The van der Waals surface area contributed by atoms with E-state index in [1.807, 2.05) is 7.05 Å². The Morgan fingerprint density at radius 2 is 1.93 bits per heavy atom. The van der Waals surface area contributed by atoms with Crippen molar-refractivity contribution in [3.05, 3.63) is 35.9 Å². The molecular formula is C21H35IN4O. The number of rotatable bonds is 7. The second kappa shape index (κ2) is 11.9. The minimum absolute atomic E-state index is 0. The predicted molar refractivity (Wildman–Crippen MR) is 123 cm³/mol. The molecule has 1 aromatic rings. The van der Waals surface area contributed by atoms with Gasteiger partial charge < -0.3 is 19.9 Å². The quantitative estimate of drug-likeness (QED) is 0.366. The number of guanidine groups is 1. The number of halogens is 1. The molecule has 0 radical (unpaired) electrons. The molecular weight excluding hydrogens is 451 g/mol.